The zero-order valence-corrected chi connectivity index (χ0v) is 13.0. The first-order chi connectivity index (χ1) is 9.66. The van der Waals surface area contributed by atoms with Crippen LogP contribution in [0.15, 0.2) is 30.3 Å². The molecule has 1 aliphatic heterocycles. The summed E-state index contributed by atoms with van der Waals surface area (Å²) in [6.07, 6.45) is 5.49. The van der Waals surface area contributed by atoms with Gasteiger partial charge in [-0.05, 0) is 56.7 Å². The Kier molecular flexibility index (Phi) is 3.87. The van der Waals surface area contributed by atoms with Crippen LogP contribution in [-0.4, -0.2) is 31.1 Å². The lowest BCUT2D eigenvalue weighted by molar-refractivity contribution is 0.180. The first-order valence-electron chi connectivity index (χ1n) is 8.19. The number of benzene rings is 1. The van der Waals surface area contributed by atoms with Gasteiger partial charge in [0.25, 0.3) is 0 Å². The first kappa shape index (κ1) is 14.1. The van der Waals surface area contributed by atoms with Crippen molar-refractivity contribution in [1.29, 1.82) is 0 Å². The fourth-order valence-corrected chi connectivity index (χ4v) is 3.66. The molecular weight excluding hydrogens is 244 g/mol. The average Bonchev–Trinajstić information content (AvgIpc) is 3.26. The van der Waals surface area contributed by atoms with Gasteiger partial charge in [0.15, 0.2) is 0 Å². The maximum Gasteiger partial charge on any atom is 0.0534 e. The summed E-state index contributed by atoms with van der Waals surface area (Å²) in [5.41, 5.74) is 2.18. The summed E-state index contributed by atoms with van der Waals surface area (Å²) in [5.74, 6) is 0. The lowest BCUT2D eigenvalue weighted by Crippen LogP contribution is -2.47. The van der Waals surface area contributed by atoms with E-state index in [4.69, 9.17) is 0 Å². The molecule has 1 N–H and O–H groups in total. The van der Waals surface area contributed by atoms with Crippen molar-refractivity contribution in [3.05, 3.63) is 35.9 Å². The molecule has 0 spiro atoms. The van der Waals surface area contributed by atoms with Gasteiger partial charge in [-0.3, -0.25) is 0 Å². The van der Waals surface area contributed by atoms with Crippen LogP contribution in [0.2, 0.25) is 0 Å². The molecule has 20 heavy (non-hydrogen) atoms. The van der Waals surface area contributed by atoms with Crippen molar-refractivity contribution in [3.63, 3.8) is 0 Å². The molecule has 2 heteroatoms. The van der Waals surface area contributed by atoms with Crippen molar-refractivity contribution in [1.82, 2.24) is 10.2 Å². The highest BCUT2D eigenvalue weighted by atomic mass is 15.2. The summed E-state index contributed by atoms with van der Waals surface area (Å²) in [7, 11) is 0. The molecule has 3 rings (SSSR count). The molecule has 1 saturated carbocycles. The largest absolute Gasteiger partial charge is 0.307 e. The molecule has 0 radical (unpaired) electrons. The van der Waals surface area contributed by atoms with E-state index in [1.165, 1.54) is 44.3 Å². The minimum Gasteiger partial charge on any atom is -0.307 e. The quantitative estimate of drug-likeness (QED) is 0.904. The molecule has 1 saturated heterocycles. The summed E-state index contributed by atoms with van der Waals surface area (Å²) in [5, 5.41) is 3.79. The van der Waals surface area contributed by atoms with Crippen LogP contribution in [0.3, 0.4) is 0 Å². The Morgan fingerprint density at radius 2 is 1.95 bits per heavy atom. The van der Waals surface area contributed by atoms with Crippen molar-refractivity contribution < 1.29 is 0 Å². The molecule has 2 aliphatic rings. The van der Waals surface area contributed by atoms with Gasteiger partial charge in [-0.2, -0.15) is 0 Å². The Morgan fingerprint density at radius 1 is 1.20 bits per heavy atom. The SMILES string of the molecule is CCC1(CN2CCCNC(C)(c3ccccc3)C2)CC1. The second kappa shape index (κ2) is 5.50. The van der Waals surface area contributed by atoms with Crippen LogP contribution >= 0.6 is 0 Å². The number of rotatable bonds is 4. The second-order valence-electron chi connectivity index (χ2n) is 7.04. The van der Waals surface area contributed by atoms with Gasteiger partial charge in [0.05, 0.1) is 5.54 Å². The Morgan fingerprint density at radius 3 is 2.60 bits per heavy atom. The van der Waals surface area contributed by atoms with Gasteiger partial charge in [-0.25, -0.2) is 0 Å². The van der Waals surface area contributed by atoms with E-state index in [9.17, 15) is 0 Å². The number of hydrogen-bond acceptors (Lipinski definition) is 2. The molecular formula is C18H28N2. The fraction of sp³-hybridized carbons (Fsp3) is 0.667. The van der Waals surface area contributed by atoms with Crippen LogP contribution in [0.25, 0.3) is 0 Å². The molecule has 2 fully saturated rings. The van der Waals surface area contributed by atoms with E-state index < -0.39 is 0 Å². The summed E-state index contributed by atoms with van der Waals surface area (Å²) in [4.78, 5) is 2.71. The van der Waals surface area contributed by atoms with Crippen molar-refractivity contribution >= 4 is 0 Å². The van der Waals surface area contributed by atoms with E-state index >= 15 is 0 Å². The number of nitrogens with one attached hydrogen (secondary N) is 1. The average molecular weight is 272 g/mol. The standard InChI is InChI=1S/C18H28N2/c1-3-18(10-11-18)15-20-13-7-12-19-17(2,14-20)16-8-5-4-6-9-16/h4-6,8-9,19H,3,7,10-15H2,1-2H3. The van der Waals surface area contributed by atoms with Crippen LogP contribution in [0.4, 0.5) is 0 Å². The molecule has 1 aromatic carbocycles. The third kappa shape index (κ3) is 2.91. The molecule has 1 aliphatic carbocycles. The maximum atomic E-state index is 3.79. The fourth-order valence-electron chi connectivity index (χ4n) is 3.66. The molecule has 1 unspecified atom stereocenters. The van der Waals surface area contributed by atoms with E-state index in [1.807, 2.05) is 0 Å². The summed E-state index contributed by atoms with van der Waals surface area (Å²) < 4.78 is 0. The van der Waals surface area contributed by atoms with Gasteiger partial charge in [0.2, 0.25) is 0 Å². The summed E-state index contributed by atoms with van der Waals surface area (Å²) in [6.45, 7) is 9.54. The summed E-state index contributed by atoms with van der Waals surface area (Å²) in [6, 6.07) is 11.0. The van der Waals surface area contributed by atoms with Crippen LogP contribution in [0, 0.1) is 5.41 Å². The third-order valence-corrected chi connectivity index (χ3v) is 5.38. The predicted octanol–water partition coefficient (Wildman–Crippen LogP) is 3.39. The normalized spacial score (nSPS) is 29.9. The van der Waals surface area contributed by atoms with Crippen molar-refractivity contribution in [2.75, 3.05) is 26.2 Å². The molecule has 0 amide bonds. The first-order valence-corrected chi connectivity index (χ1v) is 8.19. The maximum absolute atomic E-state index is 3.79. The second-order valence-corrected chi connectivity index (χ2v) is 7.04. The Bertz CT molecular complexity index is 438. The van der Waals surface area contributed by atoms with Crippen molar-refractivity contribution in [2.24, 2.45) is 5.41 Å². The minimum atomic E-state index is 0.0988. The van der Waals surface area contributed by atoms with E-state index in [0.29, 0.717) is 5.41 Å². The lowest BCUT2D eigenvalue weighted by atomic mass is 9.91. The molecule has 0 aromatic heterocycles. The van der Waals surface area contributed by atoms with E-state index in [-0.39, 0.29) is 5.54 Å². The van der Waals surface area contributed by atoms with Gasteiger partial charge in [-0.1, -0.05) is 37.3 Å². The number of nitrogens with zero attached hydrogens (tertiary/aromatic N) is 1. The molecule has 2 nitrogen and oxygen atoms in total. The molecule has 110 valence electrons. The van der Waals surface area contributed by atoms with Crippen LogP contribution < -0.4 is 5.32 Å². The van der Waals surface area contributed by atoms with E-state index in [0.717, 1.165) is 13.1 Å². The topological polar surface area (TPSA) is 15.3 Å². The Balaban J connectivity index is 1.75. The zero-order valence-electron chi connectivity index (χ0n) is 13.0. The van der Waals surface area contributed by atoms with Gasteiger partial charge < -0.3 is 10.2 Å². The Labute approximate surface area is 123 Å². The van der Waals surface area contributed by atoms with E-state index in [1.54, 1.807) is 0 Å². The number of hydrogen-bond donors (Lipinski definition) is 1. The minimum absolute atomic E-state index is 0.0988. The van der Waals surface area contributed by atoms with E-state index in [2.05, 4.69) is 54.4 Å². The highest BCUT2D eigenvalue weighted by molar-refractivity contribution is 5.24. The molecule has 0 bridgehead atoms. The van der Waals surface area contributed by atoms with Crippen molar-refractivity contribution in [3.8, 4) is 0 Å². The Hall–Kier alpha value is -0.860. The summed E-state index contributed by atoms with van der Waals surface area (Å²) >= 11 is 0. The zero-order chi connectivity index (χ0) is 14.1. The smallest absolute Gasteiger partial charge is 0.0534 e. The lowest BCUT2D eigenvalue weighted by Gasteiger charge is -2.35. The molecule has 1 atom stereocenters. The third-order valence-electron chi connectivity index (χ3n) is 5.38. The van der Waals surface area contributed by atoms with Crippen LogP contribution in [-0.2, 0) is 5.54 Å². The van der Waals surface area contributed by atoms with Crippen LogP contribution in [0.1, 0.15) is 45.1 Å². The highest BCUT2D eigenvalue weighted by Gasteiger charge is 2.43. The molecule has 1 heterocycles. The van der Waals surface area contributed by atoms with Gasteiger partial charge in [-0.15, -0.1) is 0 Å². The van der Waals surface area contributed by atoms with Gasteiger partial charge >= 0.3 is 0 Å². The highest BCUT2D eigenvalue weighted by Crippen LogP contribution is 2.49. The van der Waals surface area contributed by atoms with Gasteiger partial charge in [0.1, 0.15) is 0 Å². The monoisotopic (exact) mass is 272 g/mol. The molecule has 1 aromatic rings. The van der Waals surface area contributed by atoms with Crippen LogP contribution in [0.5, 0.6) is 0 Å². The predicted molar refractivity (Wildman–Crippen MR) is 84.8 cm³/mol. The van der Waals surface area contributed by atoms with Gasteiger partial charge in [0, 0.05) is 13.1 Å². The van der Waals surface area contributed by atoms with Crippen molar-refractivity contribution in [2.45, 2.75) is 45.1 Å².